The van der Waals surface area contributed by atoms with Gasteiger partial charge in [-0.3, -0.25) is 14.6 Å². The molecule has 30 heavy (non-hydrogen) atoms. The van der Waals surface area contributed by atoms with Crippen LogP contribution in [0.25, 0.3) is 16.5 Å². The van der Waals surface area contributed by atoms with Crippen molar-refractivity contribution in [3.05, 3.63) is 47.7 Å². The molecule has 4 rings (SSSR count). The van der Waals surface area contributed by atoms with Crippen molar-refractivity contribution in [2.24, 2.45) is 5.92 Å². The lowest BCUT2D eigenvalue weighted by Gasteiger charge is -2.24. The SMILES string of the molecule is O=C1CCC(CNC(=O)c2cnc3c(C4=CC[C@@H](C(F)(F)F)CC4)cccc3c2)N1. The molecule has 2 aliphatic rings. The number of carbonyl (C=O) groups is 2. The summed E-state index contributed by atoms with van der Waals surface area (Å²) in [5, 5.41) is 6.37. The van der Waals surface area contributed by atoms with Gasteiger partial charge in [-0.2, -0.15) is 13.2 Å². The molecular formula is C22H22F3N3O2. The Hall–Kier alpha value is -2.90. The Labute approximate surface area is 171 Å². The van der Waals surface area contributed by atoms with Crippen molar-refractivity contribution in [1.29, 1.82) is 0 Å². The molecule has 1 aromatic carbocycles. The predicted molar refractivity (Wildman–Crippen MR) is 107 cm³/mol. The second-order valence-corrected chi connectivity index (χ2v) is 7.86. The molecule has 1 aliphatic carbocycles. The molecule has 158 valence electrons. The molecular weight excluding hydrogens is 395 g/mol. The third kappa shape index (κ3) is 4.32. The summed E-state index contributed by atoms with van der Waals surface area (Å²) in [5.74, 6) is -1.57. The maximum Gasteiger partial charge on any atom is 0.392 e. The number of nitrogens with one attached hydrogen (secondary N) is 2. The molecule has 5 nitrogen and oxygen atoms in total. The van der Waals surface area contributed by atoms with Crippen LogP contribution in [0.3, 0.4) is 0 Å². The average molecular weight is 417 g/mol. The second-order valence-electron chi connectivity index (χ2n) is 7.86. The van der Waals surface area contributed by atoms with E-state index in [1.807, 2.05) is 18.2 Å². The van der Waals surface area contributed by atoms with Gasteiger partial charge in [-0.25, -0.2) is 0 Å². The number of halogens is 3. The zero-order valence-electron chi connectivity index (χ0n) is 16.3. The van der Waals surface area contributed by atoms with Crippen LogP contribution in [-0.4, -0.2) is 35.6 Å². The lowest BCUT2D eigenvalue weighted by Crippen LogP contribution is -2.38. The van der Waals surface area contributed by atoms with Gasteiger partial charge in [-0.1, -0.05) is 24.3 Å². The van der Waals surface area contributed by atoms with Crippen LogP contribution in [0.4, 0.5) is 13.2 Å². The highest BCUT2D eigenvalue weighted by molar-refractivity contribution is 5.99. The Morgan fingerprint density at radius 2 is 2.07 bits per heavy atom. The van der Waals surface area contributed by atoms with Crippen molar-refractivity contribution >= 4 is 28.3 Å². The molecule has 2 heterocycles. The number of carbonyl (C=O) groups excluding carboxylic acids is 2. The van der Waals surface area contributed by atoms with E-state index in [4.69, 9.17) is 0 Å². The van der Waals surface area contributed by atoms with E-state index in [-0.39, 0.29) is 30.7 Å². The van der Waals surface area contributed by atoms with E-state index < -0.39 is 12.1 Å². The largest absolute Gasteiger partial charge is 0.392 e. The highest BCUT2D eigenvalue weighted by atomic mass is 19.4. The number of fused-ring (bicyclic) bond motifs is 1. The summed E-state index contributed by atoms with van der Waals surface area (Å²) in [7, 11) is 0. The van der Waals surface area contributed by atoms with E-state index in [1.165, 1.54) is 6.20 Å². The first-order valence-electron chi connectivity index (χ1n) is 10.0. The minimum absolute atomic E-state index is 0.00674. The average Bonchev–Trinajstić information content (AvgIpc) is 3.15. The molecule has 1 fully saturated rings. The van der Waals surface area contributed by atoms with Gasteiger partial charge in [0, 0.05) is 36.2 Å². The fourth-order valence-electron chi connectivity index (χ4n) is 4.07. The van der Waals surface area contributed by atoms with Crippen LogP contribution in [0.1, 0.15) is 48.0 Å². The number of para-hydroxylation sites is 1. The van der Waals surface area contributed by atoms with Crippen LogP contribution < -0.4 is 10.6 Å². The standard InChI is InChI=1S/C22H22F3N3O2/c23-22(24,25)16-6-4-13(5-7-16)18-3-1-2-14-10-15(11-26-20(14)18)21(30)27-12-17-8-9-19(29)28-17/h1-4,10-11,16-17H,5-9,12H2,(H,27,30)(H,28,29)/t16-,17?/m1/s1. The van der Waals surface area contributed by atoms with Crippen LogP contribution >= 0.6 is 0 Å². The molecule has 2 aromatic rings. The molecule has 2 N–H and O–H groups in total. The minimum Gasteiger partial charge on any atom is -0.352 e. The number of hydrogen-bond donors (Lipinski definition) is 2. The summed E-state index contributed by atoms with van der Waals surface area (Å²) >= 11 is 0. The number of rotatable bonds is 4. The fourth-order valence-corrected chi connectivity index (χ4v) is 4.07. The van der Waals surface area contributed by atoms with E-state index >= 15 is 0 Å². The van der Waals surface area contributed by atoms with Crippen LogP contribution in [-0.2, 0) is 4.79 Å². The van der Waals surface area contributed by atoms with Gasteiger partial charge in [0.05, 0.1) is 17.0 Å². The fraction of sp³-hybridized carbons (Fsp3) is 0.409. The van der Waals surface area contributed by atoms with Crippen LogP contribution in [0.15, 0.2) is 36.5 Å². The highest BCUT2D eigenvalue weighted by Gasteiger charge is 2.39. The molecule has 1 saturated heterocycles. The van der Waals surface area contributed by atoms with Gasteiger partial charge >= 0.3 is 6.18 Å². The molecule has 2 atom stereocenters. The van der Waals surface area contributed by atoms with Crippen molar-refractivity contribution in [1.82, 2.24) is 15.6 Å². The number of alkyl halides is 3. The quantitative estimate of drug-likeness (QED) is 0.790. The maximum atomic E-state index is 12.9. The molecule has 8 heteroatoms. The van der Waals surface area contributed by atoms with Gasteiger partial charge in [0.15, 0.2) is 0 Å². The first-order chi connectivity index (χ1) is 14.3. The molecule has 1 unspecified atom stereocenters. The van der Waals surface area contributed by atoms with Crippen LogP contribution in [0.5, 0.6) is 0 Å². The third-order valence-corrected chi connectivity index (χ3v) is 5.79. The Balaban J connectivity index is 1.50. The van der Waals surface area contributed by atoms with Gasteiger partial charge < -0.3 is 10.6 Å². The Bertz CT molecular complexity index is 1020. The minimum atomic E-state index is -4.16. The summed E-state index contributed by atoms with van der Waals surface area (Å²) in [6.45, 7) is 0.357. The van der Waals surface area contributed by atoms with Crippen molar-refractivity contribution in [3.8, 4) is 0 Å². The number of amides is 2. The van der Waals surface area contributed by atoms with E-state index in [2.05, 4.69) is 15.6 Å². The van der Waals surface area contributed by atoms with Gasteiger partial charge in [0.2, 0.25) is 5.91 Å². The Morgan fingerprint density at radius 1 is 1.23 bits per heavy atom. The molecule has 0 radical (unpaired) electrons. The Morgan fingerprint density at radius 3 is 2.73 bits per heavy atom. The van der Waals surface area contributed by atoms with Gasteiger partial charge in [-0.05, 0) is 37.3 Å². The van der Waals surface area contributed by atoms with Gasteiger partial charge in [0.25, 0.3) is 5.91 Å². The summed E-state index contributed by atoms with van der Waals surface area (Å²) in [4.78, 5) is 28.2. The van der Waals surface area contributed by atoms with Crippen LogP contribution in [0, 0.1) is 5.92 Å². The molecule has 2 amide bonds. The first-order valence-corrected chi connectivity index (χ1v) is 10.0. The monoisotopic (exact) mass is 417 g/mol. The molecule has 0 spiro atoms. The number of pyridine rings is 1. The molecule has 0 bridgehead atoms. The van der Waals surface area contributed by atoms with Gasteiger partial charge in [-0.15, -0.1) is 0 Å². The lowest BCUT2D eigenvalue weighted by atomic mass is 9.85. The second kappa shape index (κ2) is 8.08. The van der Waals surface area contributed by atoms with E-state index in [1.54, 1.807) is 12.1 Å². The lowest BCUT2D eigenvalue weighted by molar-refractivity contribution is -0.175. The highest BCUT2D eigenvalue weighted by Crippen LogP contribution is 2.40. The topological polar surface area (TPSA) is 71.1 Å². The van der Waals surface area contributed by atoms with Crippen molar-refractivity contribution in [2.45, 2.75) is 44.3 Å². The number of benzene rings is 1. The predicted octanol–water partition coefficient (Wildman–Crippen LogP) is 3.99. The van der Waals surface area contributed by atoms with E-state index in [9.17, 15) is 22.8 Å². The number of nitrogens with zero attached hydrogens (tertiary/aromatic N) is 1. The first kappa shape index (κ1) is 20.4. The summed E-state index contributed by atoms with van der Waals surface area (Å²) in [6, 6.07) is 7.20. The smallest absolute Gasteiger partial charge is 0.352 e. The van der Waals surface area contributed by atoms with Crippen molar-refractivity contribution < 1.29 is 22.8 Å². The van der Waals surface area contributed by atoms with E-state index in [0.29, 0.717) is 36.9 Å². The summed E-state index contributed by atoms with van der Waals surface area (Å²) < 4.78 is 38.8. The third-order valence-electron chi connectivity index (χ3n) is 5.79. The summed E-state index contributed by atoms with van der Waals surface area (Å²) in [6.07, 6.45) is 0.550. The normalized spacial score (nSPS) is 22.0. The molecule has 1 aliphatic heterocycles. The number of allylic oxidation sites excluding steroid dienone is 2. The summed E-state index contributed by atoms with van der Waals surface area (Å²) in [5.41, 5.74) is 2.75. The molecule has 0 saturated carbocycles. The zero-order valence-corrected chi connectivity index (χ0v) is 16.3. The van der Waals surface area contributed by atoms with E-state index in [0.717, 1.165) is 16.5 Å². The van der Waals surface area contributed by atoms with Crippen LogP contribution in [0.2, 0.25) is 0 Å². The maximum absolute atomic E-state index is 12.9. The Kier molecular flexibility index (Phi) is 5.49. The van der Waals surface area contributed by atoms with Crippen molar-refractivity contribution in [2.75, 3.05) is 6.54 Å². The molecule has 1 aromatic heterocycles. The van der Waals surface area contributed by atoms with Gasteiger partial charge in [0.1, 0.15) is 0 Å². The number of hydrogen-bond acceptors (Lipinski definition) is 3. The zero-order chi connectivity index (χ0) is 21.3. The van der Waals surface area contributed by atoms with Crippen molar-refractivity contribution in [3.63, 3.8) is 0 Å². The number of aromatic nitrogens is 1.